The Morgan fingerprint density at radius 2 is 1.66 bits per heavy atom. The molecule has 1 spiro atoms. The van der Waals surface area contributed by atoms with E-state index in [2.05, 4.69) is 0 Å². The number of likely N-dealkylation sites (tertiary alicyclic amines) is 2. The van der Waals surface area contributed by atoms with Crippen molar-refractivity contribution in [2.24, 2.45) is 5.41 Å². The van der Waals surface area contributed by atoms with Gasteiger partial charge in [-0.05, 0) is 37.0 Å². The van der Waals surface area contributed by atoms with Crippen LogP contribution in [0.25, 0.3) is 0 Å². The molecule has 2 amide bonds. The second kappa shape index (κ2) is 7.24. The first-order chi connectivity index (χ1) is 13.8. The van der Waals surface area contributed by atoms with Crippen LogP contribution in [-0.2, 0) is 17.5 Å². The maximum Gasteiger partial charge on any atom is 0.449 e. The molecular formula is C21H21F3N2O3. The Morgan fingerprint density at radius 3 is 2.28 bits per heavy atom. The summed E-state index contributed by atoms with van der Waals surface area (Å²) >= 11 is 0. The average molecular weight is 406 g/mol. The Morgan fingerprint density at radius 1 is 1.00 bits per heavy atom. The van der Waals surface area contributed by atoms with Crippen molar-refractivity contribution >= 4 is 11.8 Å². The van der Waals surface area contributed by atoms with Gasteiger partial charge in [0.2, 0.25) is 11.7 Å². The summed E-state index contributed by atoms with van der Waals surface area (Å²) in [5.41, 5.74) is 0.593. The zero-order valence-corrected chi connectivity index (χ0v) is 15.7. The van der Waals surface area contributed by atoms with Crippen LogP contribution in [0.3, 0.4) is 0 Å². The number of halogens is 3. The topological polar surface area (TPSA) is 53.8 Å². The fourth-order valence-electron chi connectivity index (χ4n) is 4.21. The minimum atomic E-state index is -4.62. The van der Waals surface area contributed by atoms with Gasteiger partial charge in [-0.25, -0.2) is 0 Å². The van der Waals surface area contributed by atoms with Crippen LogP contribution in [0, 0.1) is 5.41 Å². The number of carbonyl (C=O) groups excluding carboxylic acids is 2. The monoisotopic (exact) mass is 406 g/mol. The number of rotatable bonds is 3. The van der Waals surface area contributed by atoms with Crippen LogP contribution >= 0.6 is 0 Å². The van der Waals surface area contributed by atoms with Crippen LogP contribution in [0.4, 0.5) is 13.2 Å². The molecule has 8 heteroatoms. The molecule has 3 heterocycles. The summed E-state index contributed by atoms with van der Waals surface area (Å²) in [6.07, 6.45) is -2.87. The Labute approximate surface area is 166 Å². The molecule has 0 atom stereocenters. The minimum absolute atomic E-state index is 0.103. The van der Waals surface area contributed by atoms with Crippen molar-refractivity contribution in [3.63, 3.8) is 0 Å². The van der Waals surface area contributed by atoms with E-state index in [9.17, 15) is 22.8 Å². The van der Waals surface area contributed by atoms with E-state index < -0.39 is 23.3 Å². The third-order valence-electron chi connectivity index (χ3n) is 5.92. The highest BCUT2D eigenvalue weighted by Gasteiger charge is 2.48. The number of carbonyl (C=O) groups is 2. The van der Waals surface area contributed by atoms with Crippen molar-refractivity contribution in [2.45, 2.75) is 32.0 Å². The summed E-state index contributed by atoms with van der Waals surface area (Å²) in [5.74, 6) is -1.97. The molecule has 2 aliphatic rings. The lowest BCUT2D eigenvalue weighted by atomic mass is 9.77. The number of nitrogens with zero attached hydrogens (tertiary/aromatic N) is 2. The van der Waals surface area contributed by atoms with E-state index in [1.165, 1.54) is 4.90 Å². The van der Waals surface area contributed by atoms with Crippen LogP contribution in [0.2, 0.25) is 0 Å². The lowest BCUT2D eigenvalue weighted by Crippen LogP contribution is -2.46. The lowest BCUT2D eigenvalue weighted by Gasteiger charge is -2.37. The molecule has 1 aromatic heterocycles. The molecule has 0 N–H and O–H groups in total. The van der Waals surface area contributed by atoms with E-state index in [-0.39, 0.29) is 11.7 Å². The standard InChI is InChI=1S/C21H21F3N2O3/c22-21(23,24)17-7-6-16(29-17)18(27)25-11-8-20(9-12-25)10-13-26(19(20)28)14-15-4-2-1-3-5-15/h1-7H,8-14H2. The van der Waals surface area contributed by atoms with Gasteiger partial charge in [-0.15, -0.1) is 0 Å². The second-order valence-electron chi connectivity index (χ2n) is 7.70. The number of alkyl halides is 3. The number of hydrogen-bond acceptors (Lipinski definition) is 3. The fourth-order valence-corrected chi connectivity index (χ4v) is 4.21. The van der Waals surface area contributed by atoms with Gasteiger partial charge in [0.15, 0.2) is 5.76 Å². The van der Waals surface area contributed by atoms with Gasteiger partial charge in [-0.1, -0.05) is 30.3 Å². The predicted molar refractivity (Wildman–Crippen MR) is 97.8 cm³/mol. The first-order valence-corrected chi connectivity index (χ1v) is 9.58. The summed E-state index contributed by atoms with van der Waals surface area (Å²) in [6.45, 7) is 1.89. The number of hydrogen-bond donors (Lipinski definition) is 0. The number of piperidine rings is 1. The van der Waals surface area contributed by atoms with Crippen LogP contribution in [-0.4, -0.2) is 41.2 Å². The number of amides is 2. The molecule has 4 rings (SSSR count). The zero-order chi connectivity index (χ0) is 20.6. The van der Waals surface area contributed by atoms with Crippen molar-refractivity contribution < 1.29 is 27.2 Å². The van der Waals surface area contributed by atoms with Gasteiger partial charge in [0.05, 0.1) is 5.41 Å². The second-order valence-corrected chi connectivity index (χ2v) is 7.70. The third-order valence-corrected chi connectivity index (χ3v) is 5.92. The molecule has 29 heavy (non-hydrogen) atoms. The number of benzene rings is 1. The van der Waals surface area contributed by atoms with Gasteiger partial charge < -0.3 is 14.2 Å². The quantitative estimate of drug-likeness (QED) is 0.776. The molecule has 0 bridgehead atoms. The highest BCUT2D eigenvalue weighted by atomic mass is 19.4. The van der Waals surface area contributed by atoms with Crippen molar-refractivity contribution in [1.82, 2.24) is 9.80 Å². The summed E-state index contributed by atoms with van der Waals surface area (Å²) in [6, 6.07) is 11.6. The summed E-state index contributed by atoms with van der Waals surface area (Å²) in [7, 11) is 0. The maximum absolute atomic E-state index is 13.0. The van der Waals surface area contributed by atoms with Crippen molar-refractivity contribution in [3.05, 3.63) is 59.5 Å². The van der Waals surface area contributed by atoms with Gasteiger partial charge in [0.25, 0.3) is 5.91 Å². The van der Waals surface area contributed by atoms with Gasteiger partial charge in [0.1, 0.15) is 0 Å². The molecule has 1 aromatic carbocycles. The first-order valence-electron chi connectivity index (χ1n) is 9.58. The molecule has 5 nitrogen and oxygen atoms in total. The van der Waals surface area contributed by atoms with Gasteiger partial charge >= 0.3 is 6.18 Å². The van der Waals surface area contributed by atoms with Gasteiger partial charge in [0, 0.05) is 26.2 Å². The summed E-state index contributed by atoms with van der Waals surface area (Å²) in [4.78, 5) is 28.9. The molecule has 2 saturated heterocycles. The Bertz CT molecular complexity index is 899. The van der Waals surface area contributed by atoms with Crippen molar-refractivity contribution in [1.29, 1.82) is 0 Å². The van der Waals surface area contributed by atoms with Crippen molar-refractivity contribution in [2.75, 3.05) is 19.6 Å². The SMILES string of the molecule is O=C(c1ccc(C(F)(F)F)o1)N1CCC2(CC1)CCN(Cc1ccccc1)C2=O. The summed E-state index contributed by atoms with van der Waals surface area (Å²) < 4.78 is 42.7. The van der Waals surface area contributed by atoms with Crippen LogP contribution in [0.5, 0.6) is 0 Å². The highest BCUT2D eigenvalue weighted by molar-refractivity contribution is 5.92. The lowest BCUT2D eigenvalue weighted by molar-refractivity contribution is -0.153. The average Bonchev–Trinajstić information content (AvgIpc) is 3.31. The largest absolute Gasteiger partial charge is 0.449 e. The van der Waals surface area contributed by atoms with Gasteiger partial charge in [-0.2, -0.15) is 13.2 Å². The van der Waals surface area contributed by atoms with Crippen LogP contribution < -0.4 is 0 Å². The minimum Gasteiger partial charge on any atom is -0.446 e. The van der Waals surface area contributed by atoms with Crippen molar-refractivity contribution in [3.8, 4) is 0 Å². The molecule has 154 valence electrons. The molecule has 2 aliphatic heterocycles. The maximum atomic E-state index is 13.0. The fraction of sp³-hybridized carbons (Fsp3) is 0.429. The zero-order valence-electron chi connectivity index (χ0n) is 15.7. The van der Waals surface area contributed by atoms with E-state index in [0.29, 0.717) is 39.0 Å². The van der Waals surface area contributed by atoms with E-state index in [0.717, 1.165) is 24.1 Å². The molecule has 0 aliphatic carbocycles. The molecule has 2 fully saturated rings. The Balaban J connectivity index is 1.38. The van der Waals surface area contributed by atoms with Crippen LogP contribution in [0.15, 0.2) is 46.9 Å². The highest BCUT2D eigenvalue weighted by Crippen LogP contribution is 2.42. The van der Waals surface area contributed by atoms with Gasteiger partial charge in [-0.3, -0.25) is 9.59 Å². The van der Waals surface area contributed by atoms with Crippen LogP contribution in [0.1, 0.15) is 41.1 Å². The first kappa shape index (κ1) is 19.5. The molecule has 0 radical (unpaired) electrons. The van der Waals surface area contributed by atoms with E-state index in [1.54, 1.807) is 0 Å². The molecule has 0 unspecified atom stereocenters. The van der Waals surface area contributed by atoms with E-state index in [1.807, 2.05) is 35.2 Å². The Kier molecular flexibility index (Phi) is 4.88. The third kappa shape index (κ3) is 3.75. The normalized spacial score (nSPS) is 19.2. The smallest absolute Gasteiger partial charge is 0.446 e. The summed E-state index contributed by atoms with van der Waals surface area (Å²) in [5, 5.41) is 0. The predicted octanol–water partition coefficient (Wildman–Crippen LogP) is 3.95. The number of furan rings is 1. The molecule has 0 saturated carbocycles. The van der Waals surface area contributed by atoms with E-state index in [4.69, 9.17) is 4.42 Å². The molecular weight excluding hydrogens is 385 g/mol. The van der Waals surface area contributed by atoms with E-state index >= 15 is 0 Å². The molecule has 2 aromatic rings. The Hall–Kier alpha value is -2.77.